The number of nitrogens with zero attached hydrogens (tertiary/aromatic N) is 2. The van der Waals surface area contributed by atoms with Crippen molar-refractivity contribution in [1.29, 1.82) is 0 Å². The molecule has 0 aliphatic heterocycles. The summed E-state index contributed by atoms with van der Waals surface area (Å²) >= 11 is 11.9. The number of hydrogen-bond donors (Lipinski definition) is 1. The van der Waals surface area contributed by atoms with E-state index in [4.69, 9.17) is 23.2 Å². The maximum Gasteiger partial charge on any atom is 0.142 e. The fourth-order valence-corrected chi connectivity index (χ4v) is 2.38. The highest BCUT2D eigenvalue weighted by molar-refractivity contribution is 6.36. The van der Waals surface area contributed by atoms with Gasteiger partial charge in [-0.2, -0.15) is 5.10 Å². The number of nitrogens with one attached hydrogen (secondary N) is 1. The van der Waals surface area contributed by atoms with Crippen LogP contribution >= 0.6 is 23.2 Å². The fraction of sp³-hybridized carbons (Fsp3) is 0.357. The normalized spacial score (nSPS) is 11.3. The van der Waals surface area contributed by atoms with E-state index in [2.05, 4.69) is 24.3 Å². The maximum atomic E-state index is 13.7. The molecule has 0 unspecified atom stereocenters. The Kier molecular flexibility index (Phi) is 4.68. The molecule has 6 heteroatoms. The van der Waals surface area contributed by atoms with Gasteiger partial charge >= 0.3 is 0 Å². The van der Waals surface area contributed by atoms with E-state index < -0.39 is 5.82 Å². The Morgan fingerprint density at radius 3 is 2.65 bits per heavy atom. The summed E-state index contributed by atoms with van der Waals surface area (Å²) in [6.45, 7) is 4.76. The lowest BCUT2D eigenvalue weighted by atomic mass is 10.1. The number of benzene rings is 1. The van der Waals surface area contributed by atoms with Crippen LogP contribution in [0.2, 0.25) is 10.0 Å². The SMILES string of the molecule is CC(C)NCc1cn(C)nc1-c1cc(F)c(Cl)cc1Cl. The summed E-state index contributed by atoms with van der Waals surface area (Å²) in [6, 6.07) is 3.08. The van der Waals surface area contributed by atoms with Crippen molar-refractivity contribution < 1.29 is 4.39 Å². The third kappa shape index (κ3) is 3.32. The lowest BCUT2D eigenvalue weighted by molar-refractivity contribution is 0.589. The average molecular weight is 316 g/mol. The van der Waals surface area contributed by atoms with Crippen LogP contribution in [0.15, 0.2) is 18.3 Å². The number of rotatable bonds is 4. The van der Waals surface area contributed by atoms with E-state index in [0.717, 1.165) is 5.56 Å². The van der Waals surface area contributed by atoms with E-state index in [1.807, 2.05) is 13.2 Å². The molecule has 1 aromatic heterocycles. The maximum absolute atomic E-state index is 13.7. The van der Waals surface area contributed by atoms with E-state index >= 15 is 0 Å². The predicted octanol–water partition coefficient (Wildman–Crippen LogP) is 4.03. The topological polar surface area (TPSA) is 29.9 Å². The van der Waals surface area contributed by atoms with Crippen molar-refractivity contribution in [3.8, 4) is 11.3 Å². The molecule has 0 spiro atoms. The zero-order valence-electron chi connectivity index (χ0n) is 11.5. The molecule has 0 amide bonds. The van der Waals surface area contributed by atoms with Crippen LogP contribution in [0.1, 0.15) is 19.4 Å². The first-order valence-electron chi connectivity index (χ1n) is 6.29. The monoisotopic (exact) mass is 315 g/mol. The van der Waals surface area contributed by atoms with Gasteiger partial charge in [0.1, 0.15) is 5.82 Å². The minimum atomic E-state index is -0.500. The zero-order chi connectivity index (χ0) is 14.9. The van der Waals surface area contributed by atoms with Crippen molar-refractivity contribution in [2.24, 2.45) is 7.05 Å². The molecule has 0 fully saturated rings. The summed E-state index contributed by atoms with van der Waals surface area (Å²) in [7, 11) is 1.82. The van der Waals surface area contributed by atoms with Crippen LogP contribution in [-0.2, 0) is 13.6 Å². The Labute approximate surface area is 127 Å². The molecule has 1 aromatic carbocycles. The van der Waals surface area contributed by atoms with Crippen molar-refractivity contribution in [2.45, 2.75) is 26.4 Å². The zero-order valence-corrected chi connectivity index (χ0v) is 13.1. The molecule has 0 aliphatic carbocycles. The van der Waals surface area contributed by atoms with Crippen LogP contribution in [0.4, 0.5) is 4.39 Å². The first-order chi connectivity index (χ1) is 9.38. The van der Waals surface area contributed by atoms with Crippen molar-refractivity contribution in [2.75, 3.05) is 0 Å². The van der Waals surface area contributed by atoms with E-state index in [0.29, 0.717) is 28.9 Å². The molecule has 0 saturated carbocycles. The Morgan fingerprint density at radius 1 is 1.30 bits per heavy atom. The first kappa shape index (κ1) is 15.3. The van der Waals surface area contributed by atoms with Crippen LogP contribution in [0.3, 0.4) is 0 Å². The van der Waals surface area contributed by atoms with Gasteiger partial charge in [0, 0.05) is 37.0 Å². The van der Waals surface area contributed by atoms with Crippen LogP contribution in [0, 0.1) is 5.82 Å². The Balaban J connectivity index is 2.44. The lowest BCUT2D eigenvalue weighted by Crippen LogP contribution is -2.21. The smallest absolute Gasteiger partial charge is 0.142 e. The number of aromatic nitrogens is 2. The predicted molar refractivity (Wildman–Crippen MR) is 80.6 cm³/mol. The molecule has 0 aliphatic rings. The molecule has 0 saturated heterocycles. The quantitative estimate of drug-likeness (QED) is 0.863. The van der Waals surface area contributed by atoms with Gasteiger partial charge in [0.25, 0.3) is 0 Å². The van der Waals surface area contributed by atoms with Crippen LogP contribution in [0.5, 0.6) is 0 Å². The highest BCUT2D eigenvalue weighted by Gasteiger charge is 2.16. The molecule has 0 radical (unpaired) electrons. The van der Waals surface area contributed by atoms with Gasteiger partial charge in [0.2, 0.25) is 0 Å². The van der Waals surface area contributed by atoms with E-state index in [1.165, 1.54) is 12.1 Å². The summed E-state index contributed by atoms with van der Waals surface area (Å²) in [5.41, 5.74) is 2.18. The second-order valence-corrected chi connectivity index (χ2v) is 5.77. The third-order valence-corrected chi connectivity index (χ3v) is 3.47. The summed E-state index contributed by atoms with van der Waals surface area (Å²) < 4.78 is 15.3. The molecule has 20 heavy (non-hydrogen) atoms. The Morgan fingerprint density at radius 2 is 2.00 bits per heavy atom. The van der Waals surface area contributed by atoms with Gasteiger partial charge in [-0.1, -0.05) is 37.0 Å². The Bertz CT molecular complexity index is 623. The molecular weight excluding hydrogens is 300 g/mol. The summed E-state index contributed by atoms with van der Waals surface area (Å²) in [5.74, 6) is -0.500. The van der Waals surface area contributed by atoms with Crippen molar-refractivity contribution >= 4 is 23.2 Å². The molecule has 108 valence electrons. The molecule has 2 aromatic rings. The standard InChI is InChI=1S/C14H16Cl2FN3/c1-8(2)18-6-9-7-20(3)19-14(9)10-4-13(17)12(16)5-11(10)15/h4-5,7-8,18H,6H2,1-3H3. The fourth-order valence-electron chi connectivity index (χ4n) is 1.91. The number of halogens is 3. The Hall–Kier alpha value is -1.10. The summed E-state index contributed by atoms with van der Waals surface area (Å²) in [6.07, 6.45) is 1.90. The van der Waals surface area contributed by atoms with Crippen LogP contribution in [0.25, 0.3) is 11.3 Å². The average Bonchev–Trinajstić information content (AvgIpc) is 2.72. The van der Waals surface area contributed by atoms with Gasteiger partial charge < -0.3 is 5.32 Å². The molecule has 0 atom stereocenters. The minimum absolute atomic E-state index is 0.0107. The van der Waals surface area contributed by atoms with Crippen LogP contribution in [-0.4, -0.2) is 15.8 Å². The highest BCUT2D eigenvalue weighted by Crippen LogP contribution is 2.33. The van der Waals surface area contributed by atoms with Gasteiger partial charge in [0.15, 0.2) is 0 Å². The third-order valence-electron chi connectivity index (χ3n) is 2.87. The van der Waals surface area contributed by atoms with Crippen molar-refractivity contribution in [3.05, 3.63) is 39.8 Å². The van der Waals surface area contributed by atoms with Gasteiger partial charge in [-0.15, -0.1) is 0 Å². The van der Waals surface area contributed by atoms with Gasteiger partial charge in [-0.05, 0) is 12.1 Å². The second-order valence-electron chi connectivity index (χ2n) is 4.96. The number of hydrogen-bond acceptors (Lipinski definition) is 2. The minimum Gasteiger partial charge on any atom is -0.310 e. The van der Waals surface area contributed by atoms with Gasteiger partial charge in [0.05, 0.1) is 15.7 Å². The van der Waals surface area contributed by atoms with E-state index in [1.54, 1.807) is 4.68 Å². The molecule has 1 N–H and O–H groups in total. The summed E-state index contributed by atoms with van der Waals surface area (Å²) in [4.78, 5) is 0. The lowest BCUT2D eigenvalue weighted by Gasteiger charge is -2.09. The van der Waals surface area contributed by atoms with Crippen molar-refractivity contribution in [3.63, 3.8) is 0 Å². The first-order valence-corrected chi connectivity index (χ1v) is 7.05. The molecular formula is C14H16Cl2FN3. The van der Waals surface area contributed by atoms with E-state index in [9.17, 15) is 4.39 Å². The number of aryl methyl sites for hydroxylation is 1. The van der Waals surface area contributed by atoms with Crippen LogP contribution < -0.4 is 5.32 Å². The summed E-state index contributed by atoms with van der Waals surface area (Å²) in [5, 5.41) is 8.09. The van der Waals surface area contributed by atoms with Gasteiger partial charge in [-0.25, -0.2) is 4.39 Å². The second kappa shape index (κ2) is 6.12. The molecule has 1 heterocycles. The van der Waals surface area contributed by atoms with E-state index in [-0.39, 0.29) is 5.02 Å². The largest absolute Gasteiger partial charge is 0.310 e. The molecule has 3 nitrogen and oxygen atoms in total. The molecule has 2 rings (SSSR count). The molecule has 0 bridgehead atoms. The van der Waals surface area contributed by atoms with Gasteiger partial charge in [-0.3, -0.25) is 4.68 Å². The highest BCUT2D eigenvalue weighted by atomic mass is 35.5. The van der Waals surface area contributed by atoms with Crippen molar-refractivity contribution in [1.82, 2.24) is 15.1 Å².